The van der Waals surface area contributed by atoms with Gasteiger partial charge >= 0.3 is 19.8 Å². The van der Waals surface area contributed by atoms with Crippen molar-refractivity contribution in [1.82, 2.24) is 0 Å². The quantitative estimate of drug-likeness (QED) is 0.0211. The first-order valence-corrected chi connectivity index (χ1v) is 37.2. The maximum absolute atomic E-state index is 12.9. The Morgan fingerprint density at radius 2 is 0.679 bits per heavy atom. The summed E-state index contributed by atoms with van der Waals surface area (Å²) in [6.07, 6.45) is 87.4. The maximum Gasteiger partial charge on any atom is 0.472 e. The van der Waals surface area contributed by atoms with Crippen molar-refractivity contribution in [2.75, 3.05) is 47.5 Å². The van der Waals surface area contributed by atoms with Gasteiger partial charge in [-0.05, 0) is 83.5 Å². The molecule has 9 nitrogen and oxygen atoms in total. The standard InChI is InChI=1S/C74H136NO8P/c1-6-8-10-12-14-16-18-20-22-24-26-27-28-29-30-31-32-33-34-35-36-37-38-39-40-41-42-43-44-45-46-47-49-51-53-55-57-59-61-63-65-67-74(77)83-72(71-82-84(78,79)81-69-68-75(3,4)5)70-80-73(76)66-64-62-60-58-56-54-52-50-48-25-23-21-19-17-15-13-11-9-7-2/h8,10,14,16,20-23,26-27,29-30,72H,6-7,9,11-13,15,17-19,24-25,28,31-71H2,1-5H3/p+1/b10-8-,16-14-,22-20-,23-21-,27-26-,30-29-. The zero-order chi connectivity index (χ0) is 61.2. The number of quaternary nitrogens is 1. The molecule has 1 N–H and O–H groups in total. The van der Waals surface area contributed by atoms with Crippen LogP contribution in [0.25, 0.3) is 0 Å². The third kappa shape index (κ3) is 68.6. The van der Waals surface area contributed by atoms with Crippen LogP contribution in [-0.2, 0) is 32.7 Å². The second-order valence-corrected chi connectivity index (χ2v) is 26.7. The van der Waals surface area contributed by atoms with Crippen molar-refractivity contribution in [2.45, 2.75) is 341 Å². The van der Waals surface area contributed by atoms with Crippen molar-refractivity contribution in [1.29, 1.82) is 0 Å². The Bertz CT molecular complexity index is 1650. The molecule has 2 atom stereocenters. The number of likely N-dealkylation sites (N-methyl/N-ethyl adjacent to an activating group) is 1. The molecule has 2 unspecified atom stereocenters. The number of allylic oxidation sites excluding steroid dienone is 12. The van der Waals surface area contributed by atoms with Gasteiger partial charge in [0, 0.05) is 12.8 Å². The Labute approximate surface area is 520 Å². The molecular weight excluding hydrogens is 1060 g/mol. The first-order valence-electron chi connectivity index (χ1n) is 35.7. The van der Waals surface area contributed by atoms with E-state index in [0.29, 0.717) is 17.4 Å². The highest BCUT2D eigenvalue weighted by Gasteiger charge is 2.27. The van der Waals surface area contributed by atoms with Gasteiger partial charge in [-0.1, -0.05) is 311 Å². The van der Waals surface area contributed by atoms with Crippen LogP contribution in [0.5, 0.6) is 0 Å². The van der Waals surface area contributed by atoms with Gasteiger partial charge in [0.15, 0.2) is 6.10 Å². The fraction of sp³-hybridized carbons (Fsp3) is 0.811. The summed E-state index contributed by atoms with van der Waals surface area (Å²) >= 11 is 0. The predicted octanol–water partition coefficient (Wildman–Crippen LogP) is 23.2. The molecule has 0 rings (SSSR count). The van der Waals surface area contributed by atoms with Gasteiger partial charge in [0.2, 0.25) is 0 Å². The van der Waals surface area contributed by atoms with E-state index in [-0.39, 0.29) is 32.0 Å². The second kappa shape index (κ2) is 64.9. The molecule has 490 valence electrons. The van der Waals surface area contributed by atoms with E-state index in [2.05, 4.69) is 86.8 Å². The van der Waals surface area contributed by atoms with E-state index in [1.165, 1.54) is 238 Å². The molecule has 0 fully saturated rings. The van der Waals surface area contributed by atoms with Gasteiger partial charge in [-0.2, -0.15) is 0 Å². The maximum atomic E-state index is 12.9. The molecule has 0 heterocycles. The number of hydrogen-bond acceptors (Lipinski definition) is 7. The van der Waals surface area contributed by atoms with Crippen LogP contribution in [-0.4, -0.2) is 74.9 Å². The van der Waals surface area contributed by atoms with Gasteiger partial charge in [-0.25, -0.2) is 4.57 Å². The van der Waals surface area contributed by atoms with E-state index in [1.807, 2.05) is 21.1 Å². The van der Waals surface area contributed by atoms with Crippen LogP contribution in [0.3, 0.4) is 0 Å². The number of esters is 2. The van der Waals surface area contributed by atoms with Gasteiger partial charge in [0.25, 0.3) is 0 Å². The van der Waals surface area contributed by atoms with Crippen LogP contribution in [0, 0.1) is 0 Å². The Morgan fingerprint density at radius 1 is 0.381 bits per heavy atom. The van der Waals surface area contributed by atoms with Crippen LogP contribution in [0.4, 0.5) is 0 Å². The fourth-order valence-corrected chi connectivity index (χ4v) is 11.0. The van der Waals surface area contributed by atoms with Gasteiger partial charge < -0.3 is 18.9 Å². The third-order valence-corrected chi connectivity index (χ3v) is 16.7. The van der Waals surface area contributed by atoms with Gasteiger partial charge in [0.05, 0.1) is 27.7 Å². The van der Waals surface area contributed by atoms with Crippen LogP contribution in [0.15, 0.2) is 72.9 Å². The van der Waals surface area contributed by atoms with Crippen LogP contribution in [0.1, 0.15) is 335 Å². The summed E-state index contributed by atoms with van der Waals surface area (Å²) in [4.78, 5) is 35.8. The number of nitrogens with zero attached hydrogens (tertiary/aromatic N) is 1. The molecule has 0 saturated carbocycles. The molecule has 0 amide bonds. The molecule has 0 bridgehead atoms. The number of ether oxygens (including phenoxy) is 2. The number of carbonyl (C=O) groups is 2. The molecule has 84 heavy (non-hydrogen) atoms. The summed E-state index contributed by atoms with van der Waals surface area (Å²) in [7, 11) is 1.49. The van der Waals surface area contributed by atoms with Gasteiger partial charge in [-0.15, -0.1) is 0 Å². The molecule has 0 aliphatic carbocycles. The Morgan fingerprint density at radius 3 is 1.02 bits per heavy atom. The lowest BCUT2D eigenvalue weighted by Crippen LogP contribution is -2.37. The molecule has 0 aromatic heterocycles. The lowest BCUT2D eigenvalue weighted by atomic mass is 10.0. The van der Waals surface area contributed by atoms with Gasteiger partial charge in [0.1, 0.15) is 19.8 Å². The van der Waals surface area contributed by atoms with Crippen LogP contribution >= 0.6 is 7.82 Å². The van der Waals surface area contributed by atoms with E-state index in [1.54, 1.807) is 0 Å². The monoisotopic (exact) mass is 1200 g/mol. The highest BCUT2D eigenvalue weighted by Crippen LogP contribution is 2.43. The minimum atomic E-state index is -4.39. The average molecular weight is 1200 g/mol. The molecule has 0 radical (unpaired) electrons. The number of phosphoric acid groups is 1. The molecule has 0 aromatic carbocycles. The first kappa shape index (κ1) is 81.5. The van der Waals surface area contributed by atoms with Crippen molar-refractivity contribution in [3.05, 3.63) is 72.9 Å². The highest BCUT2D eigenvalue weighted by atomic mass is 31.2. The predicted molar refractivity (Wildman–Crippen MR) is 363 cm³/mol. The summed E-state index contributed by atoms with van der Waals surface area (Å²) in [6, 6.07) is 0. The number of carbonyl (C=O) groups excluding carboxylic acids is 2. The van der Waals surface area contributed by atoms with E-state index in [9.17, 15) is 19.0 Å². The lowest BCUT2D eigenvalue weighted by molar-refractivity contribution is -0.870. The fourth-order valence-electron chi connectivity index (χ4n) is 10.3. The molecule has 10 heteroatoms. The minimum Gasteiger partial charge on any atom is -0.462 e. The van der Waals surface area contributed by atoms with Crippen molar-refractivity contribution in [2.24, 2.45) is 0 Å². The van der Waals surface area contributed by atoms with Crippen molar-refractivity contribution < 1.29 is 42.1 Å². The lowest BCUT2D eigenvalue weighted by Gasteiger charge is -2.24. The van der Waals surface area contributed by atoms with Crippen molar-refractivity contribution in [3.63, 3.8) is 0 Å². The molecule has 0 spiro atoms. The zero-order valence-electron chi connectivity index (χ0n) is 55.9. The van der Waals surface area contributed by atoms with E-state index >= 15 is 0 Å². The average Bonchev–Trinajstić information content (AvgIpc) is 3.61. The molecular formula is C74H137NO8P+. The molecule has 0 aliphatic heterocycles. The largest absolute Gasteiger partial charge is 0.472 e. The van der Waals surface area contributed by atoms with Crippen molar-refractivity contribution >= 4 is 19.8 Å². The van der Waals surface area contributed by atoms with Crippen molar-refractivity contribution in [3.8, 4) is 0 Å². The van der Waals surface area contributed by atoms with E-state index in [4.69, 9.17) is 18.5 Å². The molecule has 0 saturated heterocycles. The van der Waals surface area contributed by atoms with Gasteiger partial charge in [-0.3, -0.25) is 18.6 Å². The number of unbranched alkanes of at least 4 members (excludes halogenated alkanes) is 40. The summed E-state index contributed by atoms with van der Waals surface area (Å²) in [6.45, 7) is 4.36. The van der Waals surface area contributed by atoms with E-state index in [0.717, 1.165) is 64.2 Å². The Kier molecular flexibility index (Phi) is 62.9. The number of hydrogen-bond donors (Lipinski definition) is 1. The SMILES string of the molecule is CC/C=C\C/C=C\C/C=C\C/C=C\C/C=C\CCCCCCCCCCCCCCCCCCCCCCCCCCCC(=O)OC(COC(=O)CCCCCCCCCCC/C=C\CCCCCCCC)COP(=O)(O)OCC[N+](C)(C)C. The normalized spacial score (nSPS) is 13.5. The zero-order valence-corrected chi connectivity index (χ0v) is 56.8. The minimum absolute atomic E-state index is 0.0326. The number of rotatable bonds is 66. The molecule has 0 aliphatic rings. The Balaban J connectivity index is 3.90. The second-order valence-electron chi connectivity index (χ2n) is 25.2. The molecule has 0 aromatic rings. The first-order chi connectivity index (χ1) is 41.0. The smallest absolute Gasteiger partial charge is 0.462 e. The summed E-state index contributed by atoms with van der Waals surface area (Å²) < 4.78 is 34.7. The summed E-state index contributed by atoms with van der Waals surface area (Å²) in [5, 5.41) is 0. The summed E-state index contributed by atoms with van der Waals surface area (Å²) in [5.74, 6) is -0.784. The van der Waals surface area contributed by atoms with E-state index < -0.39 is 26.5 Å². The Hall–Kier alpha value is -2.55. The third-order valence-electron chi connectivity index (χ3n) is 15.7. The topological polar surface area (TPSA) is 108 Å². The van der Waals surface area contributed by atoms with Crippen LogP contribution in [0.2, 0.25) is 0 Å². The number of phosphoric ester groups is 1. The highest BCUT2D eigenvalue weighted by molar-refractivity contribution is 7.47. The van der Waals surface area contributed by atoms with Crippen LogP contribution < -0.4 is 0 Å². The summed E-state index contributed by atoms with van der Waals surface area (Å²) in [5.41, 5.74) is 0.